The molecule has 0 saturated heterocycles. The molecule has 4 atom stereocenters. The number of halogens is 1. The Kier molecular flexibility index (Phi) is 8.61. The molecule has 0 amide bonds. The van der Waals surface area contributed by atoms with Crippen molar-refractivity contribution >= 4 is 33.4 Å². The maximum absolute atomic E-state index is 13.9. The minimum Gasteiger partial charge on any atom is -0.496 e. The first kappa shape index (κ1) is 27.9. The van der Waals surface area contributed by atoms with Crippen molar-refractivity contribution in [3.05, 3.63) is 63.3 Å². The van der Waals surface area contributed by atoms with E-state index in [1.165, 1.54) is 0 Å². The van der Waals surface area contributed by atoms with Gasteiger partial charge in [-0.2, -0.15) is 0 Å². The first-order valence-electron chi connectivity index (χ1n) is 12.8. The Labute approximate surface area is 232 Å². The third-order valence-corrected chi connectivity index (χ3v) is 7.93. The summed E-state index contributed by atoms with van der Waals surface area (Å²) in [5.41, 5.74) is 3.63. The lowest BCUT2D eigenvalue weighted by Crippen LogP contribution is -2.39. The SMILES string of the molecule is CC[C@H](C)OC(=O)C1C(C)=NC2=C(C(=O)C[C@H](c3ccc(OC)c(OC)c3)C2)[C@H]1c1cc(Br)ccc1OC. The number of carbonyl (C=O) groups excluding carboxylic acids is 2. The van der Waals surface area contributed by atoms with Crippen molar-refractivity contribution in [2.45, 2.75) is 58.0 Å². The van der Waals surface area contributed by atoms with E-state index < -0.39 is 11.8 Å². The van der Waals surface area contributed by atoms with Crippen LogP contribution >= 0.6 is 15.9 Å². The summed E-state index contributed by atoms with van der Waals surface area (Å²) in [5, 5.41) is 0. The Bertz CT molecular complexity index is 1300. The highest BCUT2D eigenvalue weighted by Gasteiger charge is 2.46. The van der Waals surface area contributed by atoms with Crippen molar-refractivity contribution in [3.63, 3.8) is 0 Å². The lowest BCUT2D eigenvalue weighted by atomic mass is 9.69. The molecular weight excluding hydrogens is 550 g/mol. The van der Waals surface area contributed by atoms with E-state index in [4.69, 9.17) is 23.9 Å². The normalized spacial score (nSPS) is 21.8. The first-order valence-corrected chi connectivity index (χ1v) is 13.6. The summed E-state index contributed by atoms with van der Waals surface area (Å²) in [5.74, 6) is 0.0733. The predicted octanol–water partition coefficient (Wildman–Crippen LogP) is 6.39. The van der Waals surface area contributed by atoms with Gasteiger partial charge in [-0.15, -0.1) is 0 Å². The number of hydrogen-bond acceptors (Lipinski definition) is 7. The molecule has 1 aliphatic carbocycles. The third kappa shape index (κ3) is 5.37. The van der Waals surface area contributed by atoms with Crippen molar-refractivity contribution in [1.29, 1.82) is 0 Å². The smallest absolute Gasteiger partial charge is 0.315 e. The van der Waals surface area contributed by atoms with E-state index >= 15 is 0 Å². The van der Waals surface area contributed by atoms with Crippen LogP contribution in [0.25, 0.3) is 0 Å². The minimum absolute atomic E-state index is 0.0318. The van der Waals surface area contributed by atoms with Gasteiger partial charge in [-0.3, -0.25) is 14.6 Å². The topological polar surface area (TPSA) is 83.4 Å². The highest BCUT2D eigenvalue weighted by Crippen LogP contribution is 2.49. The van der Waals surface area contributed by atoms with E-state index in [1.807, 2.05) is 57.2 Å². The van der Waals surface area contributed by atoms with Crippen LogP contribution in [0.2, 0.25) is 0 Å². The van der Waals surface area contributed by atoms with E-state index in [-0.39, 0.29) is 23.8 Å². The van der Waals surface area contributed by atoms with E-state index in [9.17, 15) is 9.59 Å². The molecule has 0 aromatic heterocycles. The van der Waals surface area contributed by atoms with Gasteiger partial charge in [0, 0.05) is 39.4 Å². The molecule has 0 bridgehead atoms. The lowest BCUT2D eigenvalue weighted by molar-refractivity contribution is -0.151. The summed E-state index contributed by atoms with van der Waals surface area (Å²) in [4.78, 5) is 32.3. The van der Waals surface area contributed by atoms with Crippen molar-refractivity contribution < 1.29 is 28.5 Å². The van der Waals surface area contributed by atoms with Gasteiger partial charge < -0.3 is 18.9 Å². The van der Waals surface area contributed by atoms with Crippen LogP contribution in [0, 0.1) is 5.92 Å². The van der Waals surface area contributed by atoms with Crippen LogP contribution in [0.15, 0.2) is 57.1 Å². The van der Waals surface area contributed by atoms with Gasteiger partial charge >= 0.3 is 5.97 Å². The van der Waals surface area contributed by atoms with Gasteiger partial charge in [-0.25, -0.2) is 0 Å². The van der Waals surface area contributed by atoms with Gasteiger partial charge in [0.25, 0.3) is 0 Å². The number of aliphatic imine (C=N–C) groups is 1. The van der Waals surface area contributed by atoms with E-state index in [0.29, 0.717) is 53.5 Å². The number of esters is 1. The summed E-state index contributed by atoms with van der Waals surface area (Å²) in [7, 11) is 4.78. The largest absolute Gasteiger partial charge is 0.496 e. The van der Waals surface area contributed by atoms with E-state index in [1.54, 1.807) is 21.3 Å². The van der Waals surface area contributed by atoms with Crippen LogP contribution in [0.4, 0.5) is 0 Å². The zero-order chi connectivity index (χ0) is 27.6. The zero-order valence-corrected chi connectivity index (χ0v) is 24.3. The van der Waals surface area contributed by atoms with E-state index in [2.05, 4.69) is 15.9 Å². The summed E-state index contributed by atoms with van der Waals surface area (Å²) in [6.07, 6.45) is 1.31. The average molecular weight is 585 g/mol. The van der Waals surface area contributed by atoms with Crippen LogP contribution in [0.3, 0.4) is 0 Å². The molecule has 4 rings (SSSR count). The Morgan fingerprint density at radius 1 is 1.03 bits per heavy atom. The second-order valence-corrected chi connectivity index (χ2v) is 10.7. The van der Waals surface area contributed by atoms with Crippen molar-refractivity contribution in [2.75, 3.05) is 21.3 Å². The fraction of sp³-hybridized carbons (Fsp3) is 0.433. The number of benzene rings is 2. The molecule has 8 heteroatoms. The average Bonchev–Trinajstić information content (AvgIpc) is 2.91. The molecule has 2 aliphatic rings. The second-order valence-electron chi connectivity index (χ2n) is 9.75. The zero-order valence-electron chi connectivity index (χ0n) is 22.7. The molecule has 0 N–H and O–H groups in total. The number of ether oxygens (including phenoxy) is 4. The fourth-order valence-electron chi connectivity index (χ4n) is 5.35. The summed E-state index contributed by atoms with van der Waals surface area (Å²) in [6, 6.07) is 11.4. The maximum Gasteiger partial charge on any atom is 0.315 e. The monoisotopic (exact) mass is 583 g/mol. The standard InChI is InChI=1S/C30H34BrNO6/c1-7-16(2)38-30(34)27-17(3)32-22-12-19(18-8-10-25(36-5)26(14-18)37-6)13-23(33)29(22)28(27)21-15-20(31)9-11-24(21)35-4/h8-11,14-16,19,27-28H,7,12-13H2,1-6H3/t16-,19+,27?,28-/m0/s1. The highest BCUT2D eigenvalue weighted by atomic mass is 79.9. The van der Waals surface area contributed by atoms with Crippen LogP contribution in [0.5, 0.6) is 17.2 Å². The molecule has 2 aromatic carbocycles. The van der Waals surface area contributed by atoms with Gasteiger partial charge in [-0.05, 0) is 68.5 Å². The van der Waals surface area contributed by atoms with Gasteiger partial charge in [-0.1, -0.05) is 28.9 Å². The Balaban J connectivity index is 1.82. The Hall–Kier alpha value is -3.13. The van der Waals surface area contributed by atoms with Crippen LogP contribution < -0.4 is 14.2 Å². The van der Waals surface area contributed by atoms with Crippen molar-refractivity contribution in [2.24, 2.45) is 10.9 Å². The molecule has 202 valence electrons. The first-order chi connectivity index (χ1) is 18.2. The molecule has 38 heavy (non-hydrogen) atoms. The van der Waals surface area contributed by atoms with Gasteiger partial charge in [0.2, 0.25) is 0 Å². The molecular formula is C30H34BrNO6. The molecule has 0 spiro atoms. The van der Waals surface area contributed by atoms with Crippen LogP contribution in [-0.4, -0.2) is 44.9 Å². The molecule has 1 unspecified atom stereocenters. The fourth-order valence-corrected chi connectivity index (χ4v) is 5.73. The van der Waals surface area contributed by atoms with Crippen molar-refractivity contribution in [1.82, 2.24) is 0 Å². The number of Topliss-reactive ketones (excluding diaryl/α,β-unsaturated/α-hetero) is 1. The molecule has 1 heterocycles. The number of nitrogens with zero attached hydrogens (tertiary/aromatic N) is 1. The molecule has 0 radical (unpaired) electrons. The second kappa shape index (κ2) is 11.7. The Morgan fingerprint density at radius 2 is 1.71 bits per heavy atom. The van der Waals surface area contributed by atoms with Crippen LogP contribution in [0.1, 0.15) is 63.0 Å². The number of carbonyl (C=O) groups is 2. The molecule has 2 aromatic rings. The summed E-state index contributed by atoms with van der Waals surface area (Å²) < 4.78 is 23.2. The quantitative estimate of drug-likeness (QED) is 0.335. The maximum atomic E-state index is 13.9. The highest BCUT2D eigenvalue weighted by molar-refractivity contribution is 9.10. The predicted molar refractivity (Wildman–Crippen MR) is 149 cm³/mol. The Morgan fingerprint density at radius 3 is 2.37 bits per heavy atom. The number of allylic oxidation sites excluding steroid dienone is 2. The minimum atomic E-state index is -0.729. The summed E-state index contributed by atoms with van der Waals surface area (Å²) >= 11 is 3.56. The van der Waals surface area contributed by atoms with Crippen molar-refractivity contribution in [3.8, 4) is 17.2 Å². The molecule has 0 saturated carbocycles. The lowest BCUT2D eigenvalue weighted by Gasteiger charge is -2.37. The van der Waals surface area contributed by atoms with Gasteiger partial charge in [0.15, 0.2) is 17.3 Å². The number of hydrogen-bond donors (Lipinski definition) is 0. The number of rotatable bonds is 8. The van der Waals surface area contributed by atoms with Gasteiger partial charge in [0.05, 0.1) is 27.4 Å². The molecule has 7 nitrogen and oxygen atoms in total. The van der Waals surface area contributed by atoms with E-state index in [0.717, 1.165) is 15.6 Å². The molecule has 0 fully saturated rings. The molecule has 1 aliphatic heterocycles. The third-order valence-electron chi connectivity index (χ3n) is 7.44. The summed E-state index contributed by atoms with van der Waals surface area (Å²) in [6.45, 7) is 5.68. The van der Waals surface area contributed by atoms with Crippen LogP contribution in [-0.2, 0) is 14.3 Å². The van der Waals surface area contributed by atoms with Gasteiger partial charge in [0.1, 0.15) is 11.7 Å². The number of methoxy groups -OCH3 is 3. The number of ketones is 1.